The first-order valence-electron chi connectivity index (χ1n) is 3.03. The summed E-state index contributed by atoms with van der Waals surface area (Å²) in [4.78, 5) is 14.5. The molecule has 0 radical (unpaired) electrons. The van der Waals surface area contributed by atoms with Crippen molar-refractivity contribution in [2.45, 2.75) is 6.92 Å². The molecule has 0 aliphatic rings. The van der Waals surface area contributed by atoms with Crippen molar-refractivity contribution < 1.29 is 4.79 Å². The average Bonchev–Trinajstić information content (AvgIpc) is 1.94. The maximum atomic E-state index is 10.7. The maximum Gasteiger partial charge on any atom is 0.178 e. The number of nitrogens with two attached hydrogens (primary N) is 1. The van der Waals surface area contributed by atoms with Crippen molar-refractivity contribution in [2.75, 3.05) is 5.73 Å². The van der Waals surface area contributed by atoms with Gasteiger partial charge in [-0.15, -0.1) is 0 Å². The Morgan fingerprint density at radius 3 is 2.82 bits per heavy atom. The Balaban J connectivity index is 3.15. The Labute approximate surface area is 69.2 Å². The minimum atomic E-state index is -0.119. The standard InChI is InChI=1S/C7H7ClN2O/c1-4(11)7-2-5(8)6(9)3-10-7/h2-3H,9H2,1H3. The first kappa shape index (κ1) is 8.01. The number of nitrogen functional groups attached to an aromatic ring is 1. The van der Waals surface area contributed by atoms with Gasteiger partial charge in [0, 0.05) is 6.92 Å². The van der Waals surface area contributed by atoms with Crippen molar-refractivity contribution in [3.63, 3.8) is 0 Å². The van der Waals surface area contributed by atoms with Gasteiger partial charge in [0.15, 0.2) is 5.78 Å². The molecule has 0 aromatic carbocycles. The Morgan fingerprint density at radius 2 is 2.36 bits per heavy atom. The van der Waals surface area contributed by atoms with Gasteiger partial charge < -0.3 is 5.73 Å². The second-order valence-electron chi connectivity index (χ2n) is 2.15. The van der Waals surface area contributed by atoms with Crippen molar-refractivity contribution in [3.8, 4) is 0 Å². The molecule has 0 fully saturated rings. The molecule has 1 aromatic rings. The van der Waals surface area contributed by atoms with Crippen molar-refractivity contribution >= 4 is 23.1 Å². The van der Waals surface area contributed by atoms with Gasteiger partial charge in [-0.1, -0.05) is 11.6 Å². The van der Waals surface area contributed by atoms with Crippen LogP contribution < -0.4 is 5.73 Å². The van der Waals surface area contributed by atoms with E-state index >= 15 is 0 Å². The molecule has 0 unspecified atom stereocenters. The van der Waals surface area contributed by atoms with Crippen LogP contribution in [0, 0.1) is 0 Å². The summed E-state index contributed by atoms with van der Waals surface area (Å²) >= 11 is 5.64. The highest BCUT2D eigenvalue weighted by atomic mass is 35.5. The van der Waals surface area contributed by atoms with Gasteiger partial charge in [-0.2, -0.15) is 0 Å². The van der Waals surface area contributed by atoms with Crippen molar-refractivity contribution in [3.05, 3.63) is 23.0 Å². The molecule has 0 saturated carbocycles. The van der Waals surface area contributed by atoms with Gasteiger partial charge in [0.2, 0.25) is 0 Å². The lowest BCUT2D eigenvalue weighted by Gasteiger charge is -1.97. The number of Topliss-reactive ketones (excluding diaryl/α,β-unsaturated/α-hetero) is 1. The van der Waals surface area contributed by atoms with Crippen LogP contribution in [0.4, 0.5) is 5.69 Å². The highest BCUT2D eigenvalue weighted by molar-refractivity contribution is 6.33. The van der Waals surface area contributed by atoms with Crippen LogP contribution in [0.2, 0.25) is 5.02 Å². The van der Waals surface area contributed by atoms with Gasteiger partial charge in [0.25, 0.3) is 0 Å². The van der Waals surface area contributed by atoms with E-state index < -0.39 is 0 Å². The van der Waals surface area contributed by atoms with Crippen LogP contribution in [-0.2, 0) is 0 Å². The fraction of sp³-hybridized carbons (Fsp3) is 0.143. The highest BCUT2D eigenvalue weighted by Crippen LogP contribution is 2.17. The Kier molecular flexibility index (Phi) is 2.10. The molecule has 0 spiro atoms. The molecule has 1 rings (SSSR count). The molecular formula is C7H7ClN2O. The van der Waals surface area contributed by atoms with E-state index in [0.29, 0.717) is 16.4 Å². The van der Waals surface area contributed by atoms with E-state index in [1.54, 1.807) is 0 Å². The van der Waals surface area contributed by atoms with E-state index in [2.05, 4.69) is 4.98 Å². The molecule has 0 amide bonds. The highest BCUT2D eigenvalue weighted by Gasteiger charge is 2.02. The normalized spacial score (nSPS) is 9.64. The Bertz CT molecular complexity index is 298. The fourth-order valence-corrected chi connectivity index (χ4v) is 0.786. The first-order chi connectivity index (χ1) is 5.11. The third-order valence-electron chi connectivity index (χ3n) is 1.24. The minimum absolute atomic E-state index is 0.119. The SMILES string of the molecule is CC(=O)c1cc(Cl)c(N)cn1. The molecule has 0 aliphatic heterocycles. The summed E-state index contributed by atoms with van der Waals surface area (Å²) in [5.41, 5.74) is 6.11. The molecule has 0 aliphatic carbocycles. The predicted octanol–water partition coefficient (Wildman–Crippen LogP) is 1.52. The second-order valence-corrected chi connectivity index (χ2v) is 2.55. The van der Waals surface area contributed by atoms with Crippen LogP contribution in [0.15, 0.2) is 12.3 Å². The van der Waals surface area contributed by atoms with E-state index in [-0.39, 0.29) is 5.78 Å². The number of ketones is 1. The number of carbonyl (C=O) groups is 1. The third kappa shape index (κ3) is 1.68. The van der Waals surface area contributed by atoms with E-state index in [1.807, 2.05) is 0 Å². The third-order valence-corrected chi connectivity index (χ3v) is 1.57. The molecule has 4 heteroatoms. The number of rotatable bonds is 1. The largest absolute Gasteiger partial charge is 0.396 e. The molecule has 58 valence electrons. The molecule has 0 atom stereocenters. The number of nitrogens with zero attached hydrogens (tertiary/aromatic N) is 1. The molecule has 0 saturated heterocycles. The maximum absolute atomic E-state index is 10.7. The molecule has 1 aromatic heterocycles. The van der Waals surface area contributed by atoms with Crippen LogP contribution in [0.25, 0.3) is 0 Å². The number of pyridine rings is 1. The number of carbonyl (C=O) groups excluding carboxylic acids is 1. The molecular weight excluding hydrogens is 164 g/mol. The average molecular weight is 171 g/mol. The predicted molar refractivity (Wildman–Crippen MR) is 43.7 cm³/mol. The van der Waals surface area contributed by atoms with Gasteiger partial charge in [-0.3, -0.25) is 9.78 Å². The lowest BCUT2D eigenvalue weighted by molar-refractivity contribution is 0.101. The number of hydrogen-bond acceptors (Lipinski definition) is 3. The minimum Gasteiger partial charge on any atom is -0.396 e. The smallest absolute Gasteiger partial charge is 0.178 e. The quantitative estimate of drug-likeness (QED) is 0.651. The Morgan fingerprint density at radius 1 is 1.73 bits per heavy atom. The van der Waals surface area contributed by atoms with Crippen LogP contribution >= 0.6 is 11.6 Å². The van der Waals surface area contributed by atoms with Gasteiger partial charge in [0.1, 0.15) is 5.69 Å². The molecule has 11 heavy (non-hydrogen) atoms. The zero-order valence-corrected chi connectivity index (χ0v) is 6.72. The lowest BCUT2D eigenvalue weighted by Crippen LogP contribution is -1.97. The van der Waals surface area contributed by atoms with E-state index in [0.717, 1.165) is 0 Å². The first-order valence-corrected chi connectivity index (χ1v) is 3.41. The number of halogens is 1. The number of anilines is 1. The summed E-state index contributed by atoms with van der Waals surface area (Å²) in [6.07, 6.45) is 1.37. The fourth-order valence-electron chi connectivity index (χ4n) is 0.634. The van der Waals surface area contributed by atoms with Gasteiger partial charge in [-0.05, 0) is 6.07 Å². The summed E-state index contributed by atoms with van der Waals surface area (Å²) in [6.45, 7) is 1.43. The zero-order valence-electron chi connectivity index (χ0n) is 5.97. The van der Waals surface area contributed by atoms with E-state index in [1.165, 1.54) is 19.2 Å². The molecule has 0 bridgehead atoms. The van der Waals surface area contributed by atoms with Crippen LogP contribution in [0.1, 0.15) is 17.4 Å². The van der Waals surface area contributed by atoms with Crippen molar-refractivity contribution in [1.29, 1.82) is 0 Å². The lowest BCUT2D eigenvalue weighted by atomic mass is 10.2. The van der Waals surface area contributed by atoms with Gasteiger partial charge in [-0.25, -0.2) is 0 Å². The summed E-state index contributed by atoms with van der Waals surface area (Å²) in [7, 11) is 0. The van der Waals surface area contributed by atoms with Crippen molar-refractivity contribution in [1.82, 2.24) is 4.98 Å². The number of hydrogen-bond donors (Lipinski definition) is 1. The molecule has 1 heterocycles. The van der Waals surface area contributed by atoms with Crippen LogP contribution in [0.5, 0.6) is 0 Å². The van der Waals surface area contributed by atoms with Gasteiger partial charge in [0.05, 0.1) is 16.9 Å². The topological polar surface area (TPSA) is 56.0 Å². The van der Waals surface area contributed by atoms with Crippen LogP contribution in [0.3, 0.4) is 0 Å². The second kappa shape index (κ2) is 2.88. The van der Waals surface area contributed by atoms with E-state index in [9.17, 15) is 4.79 Å². The molecule has 3 nitrogen and oxygen atoms in total. The molecule has 2 N–H and O–H groups in total. The zero-order chi connectivity index (χ0) is 8.43. The Hall–Kier alpha value is -1.09. The van der Waals surface area contributed by atoms with E-state index in [4.69, 9.17) is 17.3 Å². The summed E-state index contributed by atoms with van der Waals surface area (Å²) < 4.78 is 0. The monoisotopic (exact) mass is 170 g/mol. The van der Waals surface area contributed by atoms with Gasteiger partial charge >= 0.3 is 0 Å². The van der Waals surface area contributed by atoms with Crippen LogP contribution in [-0.4, -0.2) is 10.8 Å². The number of aromatic nitrogens is 1. The summed E-state index contributed by atoms with van der Waals surface area (Å²) in [6, 6.07) is 1.46. The van der Waals surface area contributed by atoms with Crippen molar-refractivity contribution in [2.24, 2.45) is 0 Å². The summed E-state index contributed by atoms with van der Waals surface area (Å²) in [5.74, 6) is -0.119. The summed E-state index contributed by atoms with van der Waals surface area (Å²) in [5, 5.41) is 0.366.